The Balaban J connectivity index is 1.72. The average molecular weight is 299 g/mol. The zero-order valence-corrected chi connectivity index (χ0v) is 13.1. The SMILES string of the molecule is CC1(C)[C@H]2CC[C@@]1(C)C(=O)/C2=N/NC(=O)Nc1ccccc1. The molecule has 2 aliphatic rings. The molecule has 1 aromatic carbocycles. The molecule has 0 aromatic heterocycles. The number of urea groups is 1. The normalized spacial score (nSPS) is 30.6. The monoisotopic (exact) mass is 299 g/mol. The first kappa shape index (κ1) is 14.8. The van der Waals surface area contributed by atoms with Crippen molar-refractivity contribution in [3.8, 4) is 0 Å². The van der Waals surface area contributed by atoms with Crippen LogP contribution in [0.1, 0.15) is 33.6 Å². The predicted molar refractivity (Wildman–Crippen MR) is 85.7 cm³/mol. The lowest BCUT2D eigenvalue weighted by atomic mass is 9.70. The van der Waals surface area contributed by atoms with Crippen LogP contribution in [0.3, 0.4) is 0 Å². The summed E-state index contributed by atoms with van der Waals surface area (Å²) in [6.45, 7) is 6.26. The highest BCUT2D eigenvalue weighted by atomic mass is 16.2. The number of anilines is 1. The van der Waals surface area contributed by atoms with Crippen molar-refractivity contribution < 1.29 is 9.59 Å². The summed E-state index contributed by atoms with van der Waals surface area (Å²) in [4.78, 5) is 24.5. The van der Waals surface area contributed by atoms with Gasteiger partial charge in [-0.1, -0.05) is 39.0 Å². The minimum atomic E-state index is -0.433. The van der Waals surface area contributed by atoms with Gasteiger partial charge in [0.2, 0.25) is 0 Å². The van der Waals surface area contributed by atoms with E-state index in [9.17, 15) is 9.59 Å². The van der Waals surface area contributed by atoms with Crippen LogP contribution >= 0.6 is 0 Å². The largest absolute Gasteiger partial charge is 0.339 e. The Labute approximate surface area is 130 Å². The Morgan fingerprint density at radius 1 is 1.23 bits per heavy atom. The molecule has 2 aliphatic carbocycles. The van der Waals surface area contributed by atoms with Crippen LogP contribution in [0.25, 0.3) is 0 Å². The van der Waals surface area contributed by atoms with Crippen LogP contribution in [-0.4, -0.2) is 17.5 Å². The van der Waals surface area contributed by atoms with E-state index in [-0.39, 0.29) is 22.5 Å². The number of carbonyl (C=O) groups excluding carboxylic acids is 2. The molecule has 22 heavy (non-hydrogen) atoms. The molecule has 2 amide bonds. The van der Waals surface area contributed by atoms with Gasteiger partial charge in [0, 0.05) is 17.0 Å². The lowest BCUT2D eigenvalue weighted by molar-refractivity contribution is -0.123. The van der Waals surface area contributed by atoms with Crippen LogP contribution < -0.4 is 10.7 Å². The minimum Gasteiger partial charge on any atom is -0.307 e. The lowest BCUT2D eigenvalue weighted by Crippen LogP contribution is -2.34. The third kappa shape index (κ3) is 2.03. The number of carbonyl (C=O) groups is 2. The van der Waals surface area contributed by atoms with Crippen LogP contribution in [0.2, 0.25) is 0 Å². The molecule has 116 valence electrons. The Morgan fingerprint density at radius 2 is 1.91 bits per heavy atom. The van der Waals surface area contributed by atoms with Crippen LogP contribution in [-0.2, 0) is 4.79 Å². The van der Waals surface area contributed by atoms with E-state index in [1.165, 1.54) is 0 Å². The van der Waals surface area contributed by atoms with E-state index in [0.717, 1.165) is 12.8 Å². The molecule has 0 heterocycles. The molecule has 0 spiro atoms. The first-order valence-corrected chi connectivity index (χ1v) is 7.61. The van der Waals surface area contributed by atoms with E-state index in [4.69, 9.17) is 0 Å². The number of Topliss-reactive ketones (excluding diaryl/α,β-unsaturated/α-hetero) is 1. The van der Waals surface area contributed by atoms with Gasteiger partial charge in [0.15, 0.2) is 5.78 Å². The van der Waals surface area contributed by atoms with Crippen molar-refractivity contribution in [3.05, 3.63) is 30.3 Å². The molecule has 5 heteroatoms. The fourth-order valence-corrected chi connectivity index (χ4v) is 3.75. The summed E-state index contributed by atoms with van der Waals surface area (Å²) >= 11 is 0. The van der Waals surface area contributed by atoms with Crippen LogP contribution in [0.4, 0.5) is 10.5 Å². The molecule has 2 N–H and O–H groups in total. The molecule has 0 unspecified atom stereocenters. The molecule has 3 rings (SSSR count). The predicted octanol–water partition coefficient (Wildman–Crippen LogP) is 3.19. The molecule has 0 radical (unpaired) electrons. The van der Waals surface area contributed by atoms with Crippen LogP contribution in [0, 0.1) is 16.7 Å². The van der Waals surface area contributed by atoms with Crippen molar-refractivity contribution in [3.63, 3.8) is 0 Å². The maximum absolute atomic E-state index is 12.6. The Kier molecular flexibility index (Phi) is 3.31. The molecule has 2 bridgehead atoms. The molecule has 1 aromatic rings. The summed E-state index contributed by atoms with van der Waals surface area (Å²) in [5.74, 6) is 0.204. The molecular weight excluding hydrogens is 278 g/mol. The standard InChI is InChI=1S/C17H21N3O2/c1-16(2)12-9-10-17(16,3)14(21)13(12)19-20-15(22)18-11-7-5-4-6-8-11/h4-8,12H,9-10H2,1-3H3,(H2,18,20,22)/b19-13+/t12-,17-/m0/s1. The van der Waals surface area contributed by atoms with E-state index in [2.05, 4.69) is 29.7 Å². The van der Waals surface area contributed by atoms with E-state index >= 15 is 0 Å². The first-order chi connectivity index (χ1) is 10.4. The summed E-state index contributed by atoms with van der Waals surface area (Å²) in [5, 5.41) is 6.82. The summed E-state index contributed by atoms with van der Waals surface area (Å²) < 4.78 is 0. The number of amides is 2. The second-order valence-electron chi connectivity index (χ2n) is 6.90. The second-order valence-corrected chi connectivity index (χ2v) is 6.90. The Bertz CT molecular complexity index is 651. The van der Waals surface area contributed by atoms with E-state index in [1.54, 1.807) is 12.1 Å². The van der Waals surface area contributed by atoms with Crippen molar-refractivity contribution in [2.24, 2.45) is 21.8 Å². The third-order valence-electron chi connectivity index (χ3n) is 5.60. The third-order valence-corrected chi connectivity index (χ3v) is 5.60. The van der Waals surface area contributed by atoms with Crippen molar-refractivity contribution in [1.82, 2.24) is 5.43 Å². The van der Waals surface area contributed by atoms with Gasteiger partial charge < -0.3 is 5.32 Å². The zero-order chi connectivity index (χ0) is 16.0. The van der Waals surface area contributed by atoms with Gasteiger partial charge >= 0.3 is 6.03 Å². The van der Waals surface area contributed by atoms with Gasteiger partial charge in [-0.2, -0.15) is 5.10 Å². The molecule has 0 saturated heterocycles. The molecule has 2 saturated carbocycles. The average Bonchev–Trinajstić information content (AvgIpc) is 2.79. The number of hydrogen-bond donors (Lipinski definition) is 2. The quantitative estimate of drug-likeness (QED) is 0.823. The minimum absolute atomic E-state index is 0.0776. The van der Waals surface area contributed by atoms with E-state index in [1.807, 2.05) is 25.1 Å². The number of nitrogens with zero attached hydrogens (tertiary/aromatic N) is 1. The number of nitrogens with one attached hydrogen (secondary N) is 2. The fraction of sp³-hybridized carbons (Fsp3) is 0.471. The first-order valence-electron chi connectivity index (χ1n) is 7.61. The molecular formula is C17H21N3O2. The van der Waals surface area contributed by atoms with E-state index < -0.39 is 6.03 Å². The van der Waals surface area contributed by atoms with Crippen molar-refractivity contribution in [2.45, 2.75) is 33.6 Å². The number of para-hydroxylation sites is 1. The highest BCUT2D eigenvalue weighted by molar-refractivity contribution is 6.45. The van der Waals surface area contributed by atoms with Gasteiger partial charge in [-0.3, -0.25) is 4.79 Å². The summed E-state index contributed by atoms with van der Waals surface area (Å²) in [5.41, 5.74) is 3.21. The lowest BCUT2D eigenvalue weighted by Gasteiger charge is -2.31. The number of ketones is 1. The van der Waals surface area contributed by atoms with E-state index in [0.29, 0.717) is 11.4 Å². The van der Waals surface area contributed by atoms with Gasteiger partial charge in [-0.15, -0.1) is 0 Å². The van der Waals surface area contributed by atoms with Crippen molar-refractivity contribution >= 4 is 23.2 Å². The summed E-state index contributed by atoms with van der Waals surface area (Å²) in [7, 11) is 0. The Morgan fingerprint density at radius 3 is 2.50 bits per heavy atom. The highest BCUT2D eigenvalue weighted by Crippen LogP contribution is 2.62. The van der Waals surface area contributed by atoms with Crippen molar-refractivity contribution in [2.75, 3.05) is 5.32 Å². The van der Waals surface area contributed by atoms with Gasteiger partial charge in [0.05, 0.1) is 0 Å². The van der Waals surface area contributed by atoms with Crippen LogP contribution in [0.15, 0.2) is 35.4 Å². The molecule has 2 fully saturated rings. The van der Waals surface area contributed by atoms with Crippen LogP contribution in [0.5, 0.6) is 0 Å². The van der Waals surface area contributed by atoms with Gasteiger partial charge in [-0.25, -0.2) is 10.2 Å². The summed E-state index contributed by atoms with van der Waals surface area (Å²) in [6.07, 6.45) is 1.86. The van der Waals surface area contributed by atoms with Gasteiger partial charge in [0.1, 0.15) is 5.71 Å². The smallest absolute Gasteiger partial charge is 0.307 e. The number of hydrogen-bond acceptors (Lipinski definition) is 3. The molecule has 0 aliphatic heterocycles. The summed E-state index contributed by atoms with van der Waals surface area (Å²) in [6, 6.07) is 8.70. The number of fused-ring (bicyclic) bond motifs is 2. The van der Waals surface area contributed by atoms with Crippen molar-refractivity contribution in [1.29, 1.82) is 0 Å². The number of rotatable bonds is 2. The Hall–Kier alpha value is -2.17. The topological polar surface area (TPSA) is 70.6 Å². The van der Waals surface area contributed by atoms with Gasteiger partial charge in [0.25, 0.3) is 0 Å². The zero-order valence-electron chi connectivity index (χ0n) is 13.1. The highest BCUT2D eigenvalue weighted by Gasteiger charge is 2.65. The molecule has 5 nitrogen and oxygen atoms in total. The maximum Gasteiger partial charge on any atom is 0.339 e. The molecule has 2 atom stereocenters. The van der Waals surface area contributed by atoms with Gasteiger partial charge in [-0.05, 0) is 30.4 Å². The number of hydrazone groups is 1. The number of benzene rings is 1. The maximum atomic E-state index is 12.6. The fourth-order valence-electron chi connectivity index (χ4n) is 3.75. The second kappa shape index (κ2) is 4.93.